The van der Waals surface area contributed by atoms with Crippen molar-refractivity contribution in [3.8, 4) is 11.1 Å². The van der Waals surface area contributed by atoms with Crippen molar-refractivity contribution in [3.05, 3.63) is 76.2 Å². The van der Waals surface area contributed by atoms with Crippen molar-refractivity contribution in [1.29, 1.82) is 0 Å². The lowest BCUT2D eigenvalue weighted by Crippen LogP contribution is -2.36. The Balaban J connectivity index is 0.00000124. The van der Waals surface area contributed by atoms with Crippen LogP contribution >= 0.6 is 0 Å². The standard InChI is InChI=1S/C33H31N5O6.C3H8/c1-19(39)27-16-22-18-34-33(36-31(22)38(27)24-5-2-3-6-24)35-23-14-20(13-21(15-23)32(41)42)25-7-4-8-26-28(40)17-29(44-30(25)26)37-9-11-43-12-10-37;1-3-2/h4,7-8,13-18,24H,2-3,5-6,9-12H2,1H3,(H,41,42)(H,34,35,36);3H2,1-2H3. The Bertz CT molecular complexity index is 2000. The molecule has 11 heteroatoms. The van der Waals surface area contributed by atoms with E-state index in [0.717, 1.165) is 31.1 Å². The predicted octanol–water partition coefficient (Wildman–Crippen LogP) is 7.22. The molecule has 1 aliphatic carbocycles. The first kappa shape index (κ1) is 31.9. The zero-order valence-electron chi connectivity index (χ0n) is 26.9. The van der Waals surface area contributed by atoms with Gasteiger partial charge in [-0.15, -0.1) is 0 Å². The number of hydrogen-bond donors (Lipinski definition) is 2. The van der Waals surface area contributed by atoms with Gasteiger partial charge in [0.2, 0.25) is 5.95 Å². The van der Waals surface area contributed by atoms with Crippen LogP contribution in [0.25, 0.3) is 33.1 Å². The van der Waals surface area contributed by atoms with Crippen LogP contribution in [-0.2, 0) is 4.74 Å². The summed E-state index contributed by atoms with van der Waals surface area (Å²) in [4.78, 5) is 49.1. The molecular weight excluding hydrogens is 598 g/mol. The summed E-state index contributed by atoms with van der Waals surface area (Å²) in [5, 5.41) is 14.3. The van der Waals surface area contributed by atoms with E-state index in [0.29, 0.717) is 71.3 Å². The molecule has 1 aliphatic heterocycles. The first-order valence-electron chi connectivity index (χ1n) is 16.2. The van der Waals surface area contributed by atoms with Crippen molar-refractivity contribution in [2.45, 2.75) is 58.9 Å². The summed E-state index contributed by atoms with van der Waals surface area (Å²) in [5.41, 5.74) is 3.10. The summed E-state index contributed by atoms with van der Waals surface area (Å²) in [6, 6.07) is 13.6. The minimum Gasteiger partial charge on any atom is -0.478 e. The SMILES string of the molecule is CC(=O)c1cc2cnc(Nc3cc(C(=O)O)cc(-c4cccc5c(=O)cc(N6CCOCC6)oc45)c3)nc2n1C1CCCC1.CCC. The summed E-state index contributed by atoms with van der Waals surface area (Å²) >= 11 is 0. The monoisotopic (exact) mass is 637 g/mol. The van der Waals surface area contributed by atoms with Crippen LogP contribution in [0.15, 0.2) is 63.9 Å². The molecule has 2 aromatic carbocycles. The fraction of sp³-hybridized carbons (Fsp3) is 0.361. The van der Waals surface area contributed by atoms with Crippen molar-refractivity contribution < 1.29 is 23.8 Å². The zero-order chi connectivity index (χ0) is 33.1. The number of para-hydroxylation sites is 1. The minimum atomic E-state index is -1.11. The number of ketones is 1. The largest absolute Gasteiger partial charge is 0.478 e. The average molecular weight is 638 g/mol. The number of anilines is 3. The number of carbonyl (C=O) groups is 2. The Morgan fingerprint density at radius 3 is 2.49 bits per heavy atom. The van der Waals surface area contributed by atoms with E-state index < -0.39 is 5.97 Å². The number of carbonyl (C=O) groups excluding carboxylic acids is 1. The number of carboxylic acids is 1. The number of nitrogens with zero attached hydrogens (tertiary/aromatic N) is 4. The number of benzene rings is 2. The number of nitrogens with one attached hydrogen (secondary N) is 1. The van der Waals surface area contributed by atoms with Gasteiger partial charge in [0.15, 0.2) is 17.1 Å². The van der Waals surface area contributed by atoms with E-state index >= 15 is 0 Å². The molecule has 4 heterocycles. The smallest absolute Gasteiger partial charge is 0.335 e. The van der Waals surface area contributed by atoms with Crippen molar-refractivity contribution in [1.82, 2.24) is 14.5 Å². The summed E-state index contributed by atoms with van der Waals surface area (Å²) in [6.07, 6.45) is 7.09. The molecule has 2 fully saturated rings. The summed E-state index contributed by atoms with van der Waals surface area (Å²) in [6.45, 7) is 8.08. The van der Waals surface area contributed by atoms with E-state index in [-0.39, 0.29) is 28.8 Å². The Labute approximate surface area is 272 Å². The Morgan fingerprint density at radius 1 is 1.04 bits per heavy atom. The molecule has 1 saturated heterocycles. The molecule has 244 valence electrons. The third-order valence-electron chi connectivity index (χ3n) is 8.44. The second-order valence-corrected chi connectivity index (χ2v) is 12.0. The molecule has 0 spiro atoms. The topological polar surface area (TPSA) is 140 Å². The van der Waals surface area contributed by atoms with Crippen molar-refractivity contribution in [2.24, 2.45) is 0 Å². The van der Waals surface area contributed by atoms with E-state index in [1.807, 2.05) is 15.5 Å². The lowest BCUT2D eigenvalue weighted by atomic mass is 9.99. The number of aromatic carboxylic acids is 1. The van der Waals surface area contributed by atoms with Crippen molar-refractivity contribution >= 4 is 51.3 Å². The van der Waals surface area contributed by atoms with Gasteiger partial charge in [-0.25, -0.2) is 9.78 Å². The highest BCUT2D eigenvalue weighted by Crippen LogP contribution is 2.36. The number of fused-ring (bicyclic) bond motifs is 2. The van der Waals surface area contributed by atoms with Gasteiger partial charge in [-0.1, -0.05) is 45.2 Å². The maximum atomic E-state index is 13.1. The number of ether oxygens (including phenoxy) is 1. The molecule has 0 bridgehead atoms. The van der Waals surface area contributed by atoms with Crippen LogP contribution in [0, 0.1) is 0 Å². The van der Waals surface area contributed by atoms with Crippen molar-refractivity contribution in [2.75, 3.05) is 36.5 Å². The van der Waals surface area contributed by atoms with Gasteiger partial charge in [0.25, 0.3) is 0 Å². The molecule has 5 aromatic rings. The average Bonchev–Trinajstić information content (AvgIpc) is 3.73. The summed E-state index contributed by atoms with van der Waals surface area (Å²) in [5.74, 6) is -0.412. The van der Waals surface area contributed by atoms with Gasteiger partial charge in [0.1, 0.15) is 11.2 Å². The lowest BCUT2D eigenvalue weighted by molar-refractivity contribution is 0.0696. The molecule has 0 amide bonds. The summed E-state index contributed by atoms with van der Waals surface area (Å²) in [7, 11) is 0. The van der Waals surface area contributed by atoms with Crippen LogP contribution < -0.4 is 15.6 Å². The Hall–Kier alpha value is -5.03. The number of carboxylic acid groups (broad SMARTS) is 1. The molecule has 7 rings (SSSR count). The third kappa shape index (κ3) is 6.62. The zero-order valence-corrected chi connectivity index (χ0v) is 26.9. The van der Waals surface area contributed by atoms with E-state index in [2.05, 4.69) is 24.1 Å². The molecular formula is C36H39N5O6. The molecule has 1 saturated carbocycles. The van der Waals surface area contributed by atoms with Gasteiger partial charge in [-0.3, -0.25) is 9.59 Å². The third-order valence-corrected chi connectivity index (χ3v) is 8.44. The molecule has 2 N–H and O–H groups in total. The lowest BCUT2D eigenvalue weighted by Gasteiger charge is -2.27. The van der Waals surface area contributed by atoms with Crippen LogP contribution in [0.2, 0.25) is 0 Å². The van der Waals surface area contributed by atoms with Crippen LogP contribution in [0.3, 0.4) is 0 Å². The number of rotatable bonds is 7. The molecule has 0 unspecified atom stereocenters. The highest BCUT2D eigenvalue weighted by molar-refractivity contribution is 5.99. The van der Waals surface area contributed by atoms with Gasteiger partial charge in [-0.2, -0.15) is 4.98 Å². The molecule has 11 nitrogen and oxygen atoms in total. The molecule has 0 radical (unpaired) electrons. The van der Waals surface area contributed by atoms with Gasteiger partial charge in [-0.05, 0) is 48.7 Å². The van der Waals surface area contributed by atoms with E-state index in [9.17, 15) is 19.5 Å². The fourth-order valence-corrected chi connectivity index (χ4v) is 6.31. The molecule has 3 aromatic heterocycles. The quantitative estimate of drug-likeness (QED) is 0.176. The van der Waals surface area contributed by atoms with Gasteiger partial charge in [0.05, 0.1) is 29.9 Å². The van der Waals surface area contributed by atoms with Gasteiger partial charge >= 0.3 is 5.97 Å². The normalized spacial score (nSPS) is 15.1. The second-order valence-electron chi connectivity index (χ2n) is 12.0. The number of aromatic nitrogens is 3. The fourth-order valence-electron chi connectivity index (χ4n) is 6.31. The maximum absolute atomic E-state index is 13.1. The van der Waals surface area contributed by atoms with E-state index in [4.69, 9.17) is 14.1 Å². The molecule has 2 aliphatic rings. The minimum absolute atomic E-state index is 0.0262. The Morgan fingerprint density at radius 2 is 1.79 bits per heavy atom. The highest BCUT2D eigenvalue weighted by atomic mass is 16.5. The predicted molar refractivity (Wildman–Crippen MR) is 182 cm³/mol. The van der Waals surface area contributed by atoms with Crippen LogP contribution in [0.4, 0.5) is 17.5 Å². The number of morpholine rings is 1. The highest BCUT2D eigenvalue weighted by Gasteiger charge is 2.25. The first-order valence-corrected chi connectivity index (χ1v) is 16.2. The summed E-state index contributed by atoms with van der Waals surface area (Å²) < 4.78 is 13.8. The maximum Gasteiger partial charge on any atom is 0.335 e. The molecule has 47 heavy (non-hydrogen) atoms. The number of hydrogen-bond acceptors (Lipinski definition) is 9. The molecule has 0 atom stereocenters. The van der Waals surface area contributed by atoms with Crippen LogP contribution in [0.5, 0.6) is 0 Å². The van der Waals surface area contributed by atoms with Gasteiger partial charge in [0, 0.05) is 55.0 Å². The second kappa shape index (κ2) is 13.8. The van der Waals surface area contributed by atoms with Crippen molar-refractivity contribution in [3.63, 3.8) is 0 Å². The van der Waals surface area contributed by atoms with Crippen LogP contribution in [0.1, 0.15) is 79.8 Å². The first-order chi connectivity index (χ1) is 22.8. The van der Waals surface area contributed by atoms with E-state index in [1.54, 1.807) is 43.5 Å². The number of Topliss-reactive ketones (excluding diaryl/α,β-unsaturated/α-hetero) is 1. The Kier molecular flexibility index (Phi) is 9.35. The van der Waals surface area contributed by atoms with Gasteiger partial charge < -0.3 is 29.0 Å². The van der Waals surface area contributed by atoms with Crippen LogP contribution in [-0.4, -0.2) is 57.7 Å². The van der Waals surface area contributed by atoms with E-state index in [1.165, 1.54) is 18.6 Å².